The van der Waals surface area contributed by atoms with Crippen LogP contribution in [0.1, 0.15) is 12.5 Å². The number of rotatable bonds is 4. The number of hydrogen-bond acceptors (Lipinski definition) is 2. The molecule has 0 aliphatic carbocycles. The molecular weight excluding hydrogens is 301 g/mol. The predicted molar refractivity (Wildman–Crippen MR) is 74.8 cm³/mol. The van der Waals surface area contributed by atoms with E-state index >= 15 is 0 Å². The third kappa shape index (κ3) is 2.94. The molecule has 1 aromatic carbocycles. The largest absolute Gasteiger partial charge is 0.313 e. The molecule has 0 spiro atoms. The Morgan fingerprint density at radius 1 is 1.35 bits per heavy atom. The standard InChI is InChI=1S/C13H13BrFNS/c1-2-16-8-10-4-3-9(7-12(10)15)13-11(14)5-6-17-13/h3-7,16H,2,8H2,1H3. The molecule has 1 nitrogen and oxygen atoms in total. The molecule has 0 radical (unpaired) electrons. The van der Waals surface area contributed by atoms with Crippen LogP contribution in [0.4, 0.5) is 4.39 Å². The minimum Gasteiger partial charge on any atom is -0.313 e. The Hall–Kier alpha value is -0.710. The van der Waals surface area contributed by atoms with Crippen LogP contribution in [-0.4, -0.2) is 6.54 Å². The first kappa shape index (κ1) is 12.7. The zero-order valence-electron chi connectivity index (χ0n) is 9.47. The molecule has 0 amide bonds. The molecule has 0 aliphatic heterocycles. The van der Waals surface area contributed by atoms with Crippen LogP contribution in [0.5, 0.6) is 0 Å². The van der Waals surface area contributed by atoms with Gasteiger partial charge in [0.2, 0.25) is 0 Å². The van der Waals surface area contributed by atoms with E-state index < -0.39 is 0 Å². The molecule has 0 saturated heterocycles. The van der Waals surface area contributed by atoms with E-state index in [4.69, 9.17) is 0 Å². The molecule has 1 N–H and O–H groups in total. The number of hydrogen-bond donors (Lipinski definition) is 1. The zero-order valence-corrected chi connectivity index (χ0v) is 11.9. The summed E-state index contributed by atoms with van der Waals surface area (Å²) in [6, 6.07) is 7.39. The van der Waals surface area contributed by atoms with E-state index in [1.54, 1.807) is 17.4 Å². The van der Waals surface area contributed by atoms with Crippen LogP contribution in [0.15, 0.2) is 34.1 Å². The molecule has 0 unspecified atom stereocenters. The fraction of sp³-hybridized carbons (Fsp3) is 0.231. The van der Waals surface area contributed by atoms with Gasteiger partial charge < -0.3 is 5.32 Å². The van der Waals surface area contributed by atoms with Gasteiger partial charge in [-0.1, -0.05) is 19.1 Å². The normalized spacial score (nSPS) is 10.8. The van der Waals surface area contributed by atoms with Gasteiger partial charge in [-0.3, -0.25) is 0 Å². The number of benzene rings is 1. The van der Waals surface area contributed by atoms with E-state index in [0.29, 0.717) is 12.1 Å². The van der Waals surface area contributed by atoms with Crippen LogP contribution in [0.3, 0.4) is 0 Å². The maximum atomic E-state index is 13.8. The second-order valence-electron chi connectivity index (χ2n) is 3.68. The molecule has 0 atom stereocenters. The number of thiophene rings is 1. The van der Waals surface area contributed by atoms with Gasteiger partial charge in [-0.2, -0.15) is 0 Å². The molecular formula is C13H13BrFNS. The van der Waals surface area contributed by atoms with E-state index in [-0.39, 0.29) is 5.82 Å². The zero-order chi connectivity index (χ0) is 12.3. The Kier molecular flexibility index (Phi) is 4.31. The van der Waals surface area contributed by atoms with Crippen molar-refractivity contribution in [3.8, 4) is 10.4 Å². The third-order valence-electron chi connectivity index (χ3n) is 2.50. The van der Waals surface area contributed by atoms with Gasteiger partial charge >= 0.3 is 0 Å². The highest BCUT2D eigenvalue weighted by Gasteiger charge is 2.08. The molecule has 0 fully saturated rings. The van der Waals surface area contributed by atoms with Gasteiger partial charge in [0.25, 0.3) is 0 Å². The van der Waals surface area contributed by atoms with E-state index in [1.807, 2.05) is 30.5 Å². The van der Waals surface area contributed by atoms with Crippen LogP contribution in [0.25, 0.3) is 10.4 Å². The van der Waals surface area contributed by atoms with Crippen molar-refractivity contribution in [2.75, 3.05) is 6.54 Å². The van der Waals surface area contributed by atoms with Gasteiger partial charge in [-0.05, 0) is 45.6 Å². The highest BCUT2D eigenvalue weighted by molar-refractivity contribution is 9.10. The topological polar surface area (TPSA) is 12.0 Å². The van der Waals surface area contributed by atoms with Crippen molar-refractivity contribution in [1.82, 2.24) is 5.32 Å². The molecule has 4 heteroatoms. The van der Waals surface area contributed by atoms with Crippen LogP contribution < -0.4 is 5.32 Å². The summed E-state index contributed by atoms with van der Waals surface area (Å²) >= 11 is 5.07. The van der Waals surface area contributed by atoms with Gasteiger partial charge in [0.1, 0.15) is 5.82 Å². The highest BCUT2D eigenvalue weighted by atomic mass is 79.9. The SMILES string of the molecule is CCNCc1ccc(-c2sccc2Br)cc1F. The summed E-state index contributed by atoms with van der Waals surface area (Å²) in [5.74, 6) is -0.149. The first-order valence-corrected chi connectivity index (χ1v) is 7.12. The van der Waals surface area contributed by atoms with E-state index in [0.717, 1.165) is 21.5 Å². The van der Waals surface area contributed by atoms with Gasteiger partial charge in [-0.15, -0.1) is 11.3 Å². The van der Waals surface area contributed by atoms with E-state index in [2.05, 4.69) is 21.2 Å². The summed E-state index contributed by atoms with van der Waals surface area (Å²) in [4.78, 5) is 1.07. The average Bonchev–Trinajstić information content (AvgIpc) is 2.74. The molecule has 2 aromatic rings. The number of nitrogens with one attached hydrogen (secondary N) is 1. The summed E-state index contributed by atoms with van der Waals surface area (Å²) in [5, 5.41) is 5.11. The first-order valence-electron chi connectivity index (χ1n) is 5.45. The quantitative estimate of drug-likeness (QED) is 0.880. The second kappa shape index (κ2) is 5.76. The Balaban J connectivity index is 2.28. The van der Waals surface area contributed by atoms with Gasteiger partial charge in [0.15, 0.2) is 0 Å². The van der Waals surface area contributed by atoms with Crippen LogP contribution in [0, 0.1) is 5.82 Å². The van der Waals surface area contributed by atoms with Crippen molar-refractivity contribution in [2.24, 2.45) is 0 Å². The monoisotopic (exact) mass is 313 g/mol. The van der Waals surface area contributed by atoms with Crippen molar-refractivity contribution in [1.29, 1.82) is 0 Å². The first-order chi connectivity index (χ1) is 8.22. The van der Waals surface area contributed by atoms with Crippen molar-refractivity contribution < 1.29 is 4.39 Å². The lowest BCUT2D eigenvalue weighted by Gasteiger charge is -2.06. The summed E-state index contributed by atoms with van der Waals surface area (Å²) < 4.78 is 14.9. The maximum absolute atomic E-state index is 13.8. The Bertz CT molecular complexity index is 510. The molecule has 0 bridgehead atoms. The highest BCUT2D eigenvalue weighted by Crippen LogP contribution is 2.34. The Labute approximate surface area is 113 Å². The van der Waals surface area contributed by atoms with Crippen LogP contribution in [0.2, 0.25) is 0 Å². The molecule has 17 heavy (non-hydrogen) atoms. The molecule has 1 aromatic heterocycles. The molecule has 0 saturated carbocycles. The van der Waals surface area contributed by atoms with Crippen molar-refractivity contribution >= 4 is 27.3 Å². The van der Waals surface area contributed by atoms with Crippen molar-refractivity contribution in [3.05, 3.63) is 45.5 Å². The smallest absolute Gasteiger partial charge is 0.128 e. The molecule has 0 aliphatic rings. The van der Waals surface area contributed by atoms with Crippen molar-refractivity contribution in [2.45, 2.75) is 13.5 Å². The van der Waals surface area contributed by atoms with Gasteiger partial charge in [-0.25, -0.2) is 4.39 Å². The van der Waals surface area contributed by atoms with Crippen LogP contribution >= 0.6 is 27.3 Å². The minimum absolute atomic E-state index is 0.149. The molecule has 90 valence electrons. The van der Waals surface area contributed by atoms with Gasteiger partial charge in [0.05, 0.1) is 0 Å². The molecule has 1 heterocycles. The van der Waals surface area contributed by atoms with E-state index in [1.165, 1.54) is 0 Å². The lowest BCUT2D eigenvalue weighted by molar-refractivity contribution is 0.594. The summed E-state index contributed by atoms with van der Waals surface area (Å²) in [7, 11) is 0. The summed E-state index contributed by atoms with van der Waals surface area (Å²) in [6.45, 7) is 3.43. The fourth-order valence-electron chi connectivity index (χ4n) is 1.59. The third-order valence-corrected chi connectivity index (χ3v) is 4.38. The number of halogens is 2. The summed E-state index contributed by atoms with van der Waals surface area (Å²) in [6.07, 6.45) is 0. The maximum Gasteiger partial charge on any atom is 0.128 e. The minimum atomic E-state index is -0.149. The van der Waals surface area contributed by atoms with E-state index in [9.17, 15) is 4.39 Å². The summed E-state index contributed by atoms with van der Waals surface area (Å²) in [5.41, 5.74) is 1.63. The van der Waals surface area contributed by atoms with Crippen molar-refractivity contribution in [3.63, 3.8) is 0 Å². The fourth-order valence-corrected chi connectivity index (χ4v) is 3.19. The molecule has 2 rings (SSSR count). The Morgan fingerprint density at radius 2 is 2.18 bits per heavy atom. The second-order valence-corrected chi connectivity index (χ2v) is 5.45. The van der Waals surface area contributed by atoms with Gasteiger partial charge in [0, 0.05) is 21.5 Å². The lowest BCUT2D eigenvalue weighted by atomic mass is 10.1. The average molecular weight is 314 g/mol. The lowest BCUT2D eigenvalue weighted by Crippen LogP contribution is -2.12. The predicted octanol–water partition coefficient (Wildman–Crippen LogP) is 4.43. The Morgan fingerprint density at radius 3 is 2.76 bits per heavy atom. The van der Waals surface area contributed by atoms with Crippen LogP contribution in [-0.2, 0) is 6.54 Å².